The maximum absolute atomic E-state index is 5.44. The average Bonchev–Trinajstić information content (AvgIpc) is 2.87. The number of rotatable bonds is 5. The molecule has 0 saturated carbocycles. The summed E-state index contributed by atoms with van der Waals surface area (Å²) >= 11 is 0. The molecule has 0 amide bonds. The molecule has 0 spiro atoms. The van der Waals surface area contributed by atoms with Gasteiger partial charge < -0.3 is 5.43 Å². The van der Waals surface area contributed by atoms with Gasteiger partial charge in [0.1, 0.15) is 23.3 Å². The topological polar surface area (TPSA) is 81.6 Å². The van der Waals surface area contributed by atoms with Crippen LogP contribution in [0.1, 0.15) is 31.9 Å². The van der Waals surface area contributed by atoms with Crippen molar-refractivity contribution >= 4 is 5.82 Å². The molecule has 2 rings (SSSR count). The molecular weight excluding hydrogens is 228 g/mol. The van der Waals surface area contributed by atoms with Gasteiger partial charge in [-0.3, -0.25) is 4.57 Å². The summed E-state index contributed by atoms with van der Waals surface area (Å²) in [7, 11) is 0. The van der Waals surface area contributed by atoms with Gasteiger partial charge >= 0.3 is 0 Å². The Bertz CT molecular complexity index is 519. The molecule has 0 aliphatic carbocycles. The van der Waals surface area contributed by atoms with Crippen LogP contribution in [0.25, 0.3) is 5.82 Å². The Morgan fingerprint density at radius 2 is 2.17 bits per heavy atom. The van der Waals surface area contributed by atoms with Gasteiger partial charge in [0, 0.05) is 31.3 Å². The summed E-state index contributed by atoms with van der Waals surface area (Å²) in [5, 5.41) is 0. The maximum Gasteiger partial charge on any atom is 0.145 e. The number of hydrogen-bond acceptors (Lipinski definition) is 5. The zero-order valence-electron chi connectivity index (χ0n) is 10.7. The molecule has 0 bridgehead atoms. The highest BCUT2D eigenvalue weighted by molar-refractivity contribution is 5.41. The van der Waals surface area contributed by atoms with E-state index in [9.17, 15) is 0 Å². The Morgan fingerprint density at radius 1 is 1.33 bits per heavy atom. The second-order valence-corrected chi connectivity index (χ2v) is 3.99. The Balaban J connectivity index is 2.46. The molecule has 0 aliphatic rings. The van der Waals surface area contributed by atoms with Crippen LogP contribution >= 0.6 is 0 Å². The molecular formula is C12H18N6. The quantitative estimate of drug-likeness (QED) is 0.616. The minimum atomic E-state index is 0.624. The molecule has 6 nitrogen and oxygen atoms in total. The van der Waals surface area contributed by atoms with Crippen molar-refractivity contribution in [1.82, 2.24) is 19.5 Å². The largest absolute Gasteiger partial charge is 0.308 e. The summed E-state index contributed by atoms with van der Waals surface area (Å²) in [4.78, 5) is 13.2. The van der Waals surface area contributed by atoms with Gasteiger partial charge in [0.15, 0.2) is 0 Å². The number of aromatic nitrogens is 4. The zero-order chi connectivity index (χ0) is 13.0. The lowest BCUT2D eigenvalue weighted by atomic mass is 10.3. The Kier molecular flexibility index (Phi) is 3.88. The molecule has 3 N–H and O–H groups in total. The fourth-order valence-corrected chi connectivity index (χ4v) is 1.82. The number of nitrogens with two attached hydrogens (primary N) is 1. The maximum atomic E-state index is 5.44. The van der Waals surface area contributed by atoms with E-state index in [2.05, 4.69) is 34.2 Å². The first kappa shape index (κ1) is 12.5. The molecule has 0 unspecified atom stereocenters. The van der Waals surface area contributed by atoms with E-state index in [1.807, 2.05) is 16.8 Å². The lowest BCUT2D eigenvalue weighted by Crippen LogP contribution is -2.13. The average molecular weight is 246 g/mol. The summed E-state index contributed by atoms with van der Waals surface area (Å²) in [5.74, 6) is 8.63. The van der Waals surface area contributed by atoms with Crippen molar-refractivity contribution in [3.63, 3.8) is 0 Å². The molecule has 0 radical (unpaired) electrons. The summed E-state index contributed by atoms with van der Waals surface area (Å²) in [6, 6.07) is 1.82. The number of aryl methyl sites for hydroxylation is 2. The summed E-state index contributed by atoms with van der Waals surface area (Å²) in [5.41, 5.74) is 2.58. The molecule has 6 heteroatoms. The minimum absolute atomic E-state index is 0.624. The molecule has 0 fully saturated rings. The highest BCUT2D eigenvalue weighted by Crippen LogP contribution is 2.13. The first-order valence-corrected chi connectivity index (χ1v) is 6.15. The number of nitrogen functional groups attached to an aromatic ring is 1. The minimum Gasteiger partial charge on any atom is -0.308 e. The summed E-state index contributed by atoms with van der Waals surface area (Å²) in [6.07, 6.45) is 6.36. The molecule has 0 aliphatic heterocycles. The molecule has 0 aromatic carbocycles. The zero-order valence-corrected chi connectivity index (χ0v) is 10.7. The second-order valence-electron chi connectivity index (χ2n) is 3.99. The Labute approximate surface area is 106 Å². The van der Waals surface area contributed by atoms with Gasteiger partial charge in [-0.1, -0.05) is 13.8 Å². The van der Waals surface area contributed by atoms with Gasteiger partial charge in [0.25, 0.3) is 0 Å². The second kappa shape index (κ2) is 5.59. The van der Waals surface area contributed by atoms with Crippen molar-refractivity contribution in [2.45, 2.75) is 33.1 Å². The van der Waals surface area contributed by atoms with Crippen molar-refractivity contribution in [3.05, 3.63) is 30.1 Å². The number of imidazole rings is 1. The van der Waals surface area contributed by atoms with Crippen molar-refractivity contribution in [2.24, 2.45) is 5.84 Å². The van der Waals surface area contributed by atoms with E-state index in [0.29, 0.717) is 5.82 Å². The fraction of sp³-hybridized carbons (Fsp3) is 0.417. The highest BCUT2D eigenvalue weighted by atomic mass is 15.3. The summed E-state index contributed by atoms with van der Waals surface area (Å²) in [6.45, 7) is 4.16. The molecule has 2 heterocycles. The predicted octanol–water partition coefficient (Wildman–Crippen LogP) is 1.46. The van der Waals surface area contributed by atoms with Crippen LogP contribution in [0.15, 0.2) is 18.5 Å². The van der Waals surface area contributed by atoms with Crippen LogP contribution in [0.4, 0.5) is 5.82 Å². The predicted molar refractivity (Wildman–Crippen MR) is 70.3 cm³/mol. The van der Waals surface area contributed by atoms with Gasteiger partial charge in [0.2, 0.25) is 0 Å². The van der Waals surface area contributed by atoms with Gasteiger partial charge in [0.05, 0.1) is 0 Å². The number of nitrogens with one attached hydrogen (secondary N) is 1. The van der Waals surface area contributed by atoms with Crippen LogP contribution in [0.5, 0.6) is 0 Å². The van der Waals surface area contributed by atoms with Crippen molar-refractivity contribution < 1.29 is 0 Å². The van der Waals surface area contributed by atoms with Crippen molar-refractivity contribution in [1.29, 1.82) is 0 Å². The third kappa shape index (κ3) is 2.48. The van der Waals surface area contributed by atoms with Gasteiger partial charge in [-0.2, -0.15) is 0 Å². The molecule has 0 saturated heterocycles. The monoisotopic (exact) mass is 246 g/mol. The number of hydrazine groups is 1. The van der Waals surface area contributed by atoms with E-state index in [-0.39, 0.29) is 0 Å². The van der Waals surface area contributed by atoms with Crippen LogP contribution in [-0.2, 0) is 12.8 Å². The van der Waals surface area contributed by atoms with Crippen LogP contribution in [0.2, 0.25) is 0 Å². The van der Waals surface area contributed by atoms with Gasteiger partial charge in [-0.15, -0.1) is 0 Å². The first-order valence-electron chi connectivity index (χ1n) is 6.15. The molecule has 2 aromatic rings. The lowest BCUT2D eigenvalue weighted by molar-refractivity contribution is 0.800. The number of hydrogen-bond donors (Lipinski definition) is 2. The lowest BCUT2D eigenvalue weighted by Gasteiger charge is -2.09. The molecule has 0 atom stereocenters. The highest BCUT2D eigenvalue weighted by Gasteiger charge is 2.08. The van der Waals surface area contributed by atoms with E-state index >= 15 is 0 Å². The smallest absolute Gasteiger partial charge is 0.145 e. The van der Waals surface area contributed by atoms with Crippen LogP contribution in [0.3, 0.4) is 0 Å². The third-order valence-electron chi connectivity index (χ3n) is 2.66. The number of nitrogens with zero attached hydrogens (tertiary/aromatic N) is 4. The molecule has 18 heavy (non-hydrogen) atoms. The van der Waals surface area contributed by atoms with Crippen LogP contribution in [0, 0.1) is 0 Å². The Morgan fingerprint density at radius 3 is 2.83 bits per heavy atom. The van der Waals surface area contributed by atoms with E-state index in [0.717, 1.165) is 36.7 Å². The molecule has 2 aromatic heterocycles. The standard InChI is InChI=1S/C12H18N6/c1-3-5-9-15-10(17-13)8-12(16-9)18-7-6-14-11(18)4-2/h6-8H,3-5,13H2,1-2H3,(H,15,16,17). The van der Waals surface area contributed by atoms with Gasteiger partial charge in [-0.05, 0) is 6.42 Å². The van der Waals surface area contributed by atoms with Gasteiger partial charge in [-0.25, -0.2) is 20.8 Å². The van der Waals surface area contributed by atoms with E-state index in [4.69, 9.17) is 5.84 Å². The van der Waals surface area contributed by atoms with Crippen molar-refractivity contribution in [2.75, 3.05) is 5.43 Å². The SMILES string of the molecule is CCCc1nc(NN)cc(-n2ccnc2CC)n1. The fourth-order valence-electron chi connectivity index (χ4n) is 1.82. The van der Waals surface area contributed by atoms with Crippen molar-refractivity contribution in [3.8, 4) is 5.82 Å². The third-order valence-corrected chi connectivity index (χ3v) is 2.66. The van der Waals surface area contributed by atoms with Crippen LogP contribution in [-0.4, -0.2) is 19.5 Å². The molecule has 96 valence electrons. The summed E-state index contributed by atoms with van der Waals surface area (Å²) < 4.78 is 1.96. The van der Waals surface area contributed by atoms with E-state index < -0.39 is 0 Å². The Hall–Kier alpha value is -1.95. The van der Waals surface area contributed by atoms with E-state index in [1.165, 1.54) is 0 Å². The number of anilines is 1. The normalized spacial score (nSPS) is 10.6. The van der Waals surface area contributed by atoms with Crippen LogP contribution < -0.4 is 11.3 Å². The van der Waals surface area contributed by atoms with E-state index in [1.54, 1.807) is 6.20 Å². The first-order chi connectivity index (χ1) is 8.78.